The van der Waals surface area contributed by atoms with Crippen LogP contribution < -0.4 is 0 Å². The number of fused-ring (bicyclic) bond motifs is 9. The number of carbonyl (C=O) groups is 6. The van der Waals surface area contributed by atoms with Crippen molar-refractivity contribution in [3.05, 3.63) is 185 Å². The van der Waals surface area contributed by atoms with Gasteiger partial charge in [-0.3, -0.25) is 28.8 Å². The first-order valence-corrected chi connectivity index (χ1v) is 23.9. The van der Waals surface area contributed by atoms with Crippen molar-refractivity contribution in [2.45, 2.75) is 18.6 Å². The molecule has 0 bridgehead atoms. The van der Waals surface area contributed by atoms with Gasteiger partial charge >= 0.3 is 11.9 Å². The third-order valence-electron chi connectivity index (χ3n) is 12.1. The van der Waals surface area contributed by atoms with Crippen molar-refractivity contribution in [1.29, 1.82) is 21.0 Å². The van der Waals surface area contributed by atoms with E-state index in [9.17, 15) is 40.2 Å². The predicted molar refractivity (Wildman–Crippen MR) is 257 cm³/mol. The normalized spacial score (nSPS) is 13.9. The maximum absolute atomic E-state index is 15.4. The van der Waals surface area contributed by atoms with Crippen LogP contribution in [0, 0.1) is 45.3 Å². The molecular formula is C53H22N4O8S4. The van der Waals surface area contributed by atoms with Crippen LogP contribution >= 0.6 is 45.3 Å². The highest BCUT2D eigenvalue weighted by molar-refractivity contribution is 7.35. The summed E-state index contributed by atoms with van der Waals surface area (Å²) in [4.78, 5) is 87.8. The minimum Gasteiger partial charge on any atom is -0.459 e. The number of rotatable bonds is 8. The van der Waals surface area contributed by atoms with Gasteiger partial charge in [-0.15, -0.1) is 45.3 Å². The second kappa shape index (κ2) is 16.2. The Labute approximate surface area is 405 Å². The maximum atomic E-state index is 15.4. The summed E-state index contributed by atoms with van der Waals surface area (Å²) < 4.78 is 14.6. The zero-order valence-electron chi connectivity index (χ0n) is 35.0. The molecule has 8 aromatic rings. The molecule has 0 unspecified atom stereocenters. The Morgan fingerprint density at radius 3 is 1.14 bits per heavy atom. The number of allylic oxidation sites excluding steroid dienone is 2. The number of esters is 2. The van der Waals surface area contributed by atoms with Crippen LogP contribution in [0.15, 0.2) is 108 Å². The van der Waals surface area contributed by atoms with Gasteiger partial charge in [0, 0.05) is 52.5 Å². The summed E-state index contributed by atoms with van der Waals surface area (Å²) in [5.74, 6) is -4.28. The van der Waals surface area contributed by atoms with E-state index in [1.165, 1.54) is 59.1 Å². The largest absolute Gasteiger partial charge is 0.459 e. The fourth-order valence-electron chi connectivity index (χ4n) is 8.89. The number of ketones is 4. The van der Waals surface area contributed by atoms with Crippen LogP contribution in [0.2, 0.25) is 0 Å². The van der Waals surface area contributed by atoms with Gasteiger partial charge in [-0.1, -0.05) is 60.7 Å². The van der Waals surface area contributed by atoms with Crippen LogP contribution in [-0.2, 0) is 37.7 Å². The van der Waals surface area contributed by atoms with E-state index in [0.717, 1.165) is 22.7 Å². The van der Waals surface area contributed by atoms with E-state index in [-0.39, 0.29) is 68.9 Å². The van der Waals surface area contributed by atoms with E-state index in [4.69, 9.17) is 9.47 Å². The van der Waals surface area contributed by atoms with Crippen LogP contribution in [0.3, 0.4) is 0 Å². The molecule has 12 nitrogen and oxygen atoms in total. The topological polar surface area (TPSA) is 216 Å². The molecule has 0 saturated heterocycles. The smallest absolute Gasteiger partial charge is 0.333 e. The second-order valence-corrected chi connectivity index (χ2v) is 20.2. The fraction of sp³-hybridized carbons (Fsp3) is 0.0566. The molecule has 3 aliphatic carbocycles. The molecule has 4 aromatic heterocycles. The van der Waals surface area contributed by atoms with Gasteiger partial charge in [0.05, 0.1) is 52.6 Å². The molecular weight excluding hydrogens is 949 g/mol. The van der Waals surface area contributed by atoms with Crippen LogP contribution in [0.25, 0.3) is 40.7 Å². The Balaban J connectivity index is 1.08. The van der Waals surface area contributed by atoms with Gasteiger partial charge in [0.1, 0.15) is 37.5 Å². The number of nitrogens with zero attached hydrogens (tertiary/aromatic N) is 4. The summed E-state index contributed by atoms with van der Waals surface area (Å²) in [6.45, 7) is -0.389. The van der Waals surface area contributed by atoms with Gasteiger partial charge in [0.2, 0.25) is 5.41 Å². The highest BCUT2D eigenvalue weighted by atomic mass is 32.1. The van der Waals surface area contributed by atoms with Crippen LogP contribution in [0.4, 0.5) is 0 Å². The third-order valence-corrected chi connectivity index (χ3v) is 17.0. The molecule has 0 fully saturated rings. The van der Waals surface area contributed by atoms with E-state index in [2.05, 4.69) is 0 Å². The Morgan fingerprint density at radius 1 is 0.493 bits per heavy atom. The lowest BCUT2D eigenvalue weighted by Gasteiger charge is -2.27. The quantitative estimate of drug-likeness (QED) is 0.0601. The number of carbonyl (C=O) groups excluding carboxylic acids is 6. The van der Waals surface area contributed by atoms with E-state index in [1.807, 2.05) is 36.4 Å². The van der Waals surface area contributed by atoms with Gasteiger partial charge < -0.3 is 9.47 Å². The molecule has 326 valence electrons. The Kier molecular flexibility index (Phi) is 10.1. The third kappa shape index (κ3) is 6.47. The molecule has 69 heavy (non-hydrogen) atoms. The summed E-state index contributed by atoms with van der Waals surface area (Å²) in [7, 11) is 0. The van der Waals surface area contributed by atoms with Crippen molar-refractivity contribution in [2.75, 3.05) is 0 Å². The van der Waals surface area contributed by atoms with Crippen molar-refractivity contribution in [3.8, 4) is 34.0 Å². The Morgan fingerprint density at radius 2 is 0.826 bits per heavy atom. The molecule has 0 spiro atoms. The zero-order chi connectivity index (χ0) is 47.9. The monoisotopic (exact) mass is 970 g/mol. The summed E-state index contributed by atoms with van der Waals surface area (Å²) in [6.07, 6.45) is 2.87. The molecule has 16 heteroatoms. The maximum Gasteiger partial charge on any atom is 0.333 e. The van der Waals surface area contributed by atoms with E-state index in [1.54, 1.807) is 60.7 Å². The summed E-state index contributed by atoms with van der Waals surface area (Å²) >= 11 is 4.94. The lowest BCUT2D eigenvalue weighted by molar-refractivity contribution is -0.164. The minimum absolute atomic E-state index is 0.00860. The number of benzene rings is 4. The molecule has 0 N–H and O–H groups in total. The number of Topliss-reactive ketones (excluding diaryl/α,β-unsaturated/α-hetero) is 4. The van der Waals surface area contributed by atoms with Gasteiger partial charge in [0.15, 0.2) is 23.1 Å². The standard InChI is InChI=1S/C53H22N4O8S4/c54-19-27-11-33-34(12-28(27)20-55)44(59)37(43(33)58)15-31-17-39-47(66-31)41-49(68-39)50-42(53(41,51(62)64-23-25-7-3-1-4-8-25)52(63)65-24-26-9-5-2-6-10-26)48-40(69-50)18-32(67-48)16-38-45(60)35-13-29(21-56)30(22-57)14-36(35)46(38)61/h1-18H,23-24H2. The van der Waals surface area contributed by atoms with E-state index >= 15 is 9.59 Å². The zero-order valence-corrected chi connectivity index (χ0v) is 38.3. The Bertz CT molecular complexity index is 3600. The van der Waals surface area contributed by atoms with Crippen molar-refractivity contribution in [2.24, 2.45) is 0 Å². The van der Waals surface area contributed by atoms with Crippen LogP contribution in [0.1, 0.15) is 95.7 Å². The SMILES string of the molecule is N#Cc1cc2c(cc1C#N)C(=O)C(=Cc1cc3sc4c(c3s1)C(C(=O)OCc1ccccc1)(C(=O)OCc1ccccc1)c1c-4sc3cc(C=C4C(=O)c5cc(C#N)c(C#N)cc5C4=O)sc13)C2=O. The van der Waals surface area contributed by atoms with Crippen molar-refractivity contribution in [3.63, 3.8) is 0 Å². The number of hydrogen-bond donors (Lipinski definition) is 0. The lowest BCUT2D eigenvalue weighted by Crippen LogP contribution is -2.45. The van der Waals surface area contributed by atoms with Gasteiger partial charge in [-0.05, 0) is 59.7 Å². The molecule has 4 heterocycles. The average Bonchev–Trinajstić information content (AvgIpc) is 4.23. The molecule has 0 aliphatic heterocycles. The molecule has 3 aliphatic rings. The first kappa shape index (κ1) is 42.9. The van der Waals surface area contributed by atoms with Gasteiger partial charge in [-0.2, -0.15) is 21.0 Å². The predicted octanol–water partition coefficient (Wildman–Crippen LogP) is 10.4. The minimum atomic E-state index is -2.23. The summed E-state index contributed by atoms with van der Waals surface area (Å²) in [5.41, 5.74) is -0.750. The van der Waals surface area contributed by atoms with Crippen molar-refractivity contribution in [1.82, 2.24) is 0 Å². The molecule has 4 aromatic carbocycles. The second-order valence-electron chi connectivity index (χ2n) is 15.9. The lowest BCUT2D eigenvalue weighted by atomic mass is 9.79. The average molecular weight is 971 g/mol. The fourth-order valence-corrected chi connectivity index (χ4v) is 14.4. The molecule has 0 radical (unpaired) electrons. The van der Waals surface area contributed by atoms with Crippen LogP contribution in [0.5, 0.6) is 0 Å². The number of ether oxygens (including phenoxy) is 2. The molecule has 0 atom stereocenters. The van der Waals surface area contributed by atoms with E-state index in [0.29, 0.717) is 60.6 Å². The highest BCUT2D eigenvalue weighted by Gasteiger charge is 2.62. The Hall–Kier alpha value is -8.74. The molecule has 0 saturated carbocycles. The first-order valence-electron chi connectivity index (χ1n) is 20.6. The first-order chi connectivity index (χ1) is 33.5. The van der Waals surface area contributed by atoms with Crippen molar-refractivity contribution >= 4 is 111 Å². The number of thiophene rings is 4. The van der Waals surface area contributed by atoms with Crippen LogP contribution in [-0.4, -0.2) is 35.1 Å². The van der Waals surface area contributed by atoms with Crippen molar-refractivity contribution < 1.29 is 38.2 Å². The highest BCUT2D eigenvalue weighted by Crippen LogP contribution is 2.63. The summed E-state index contributed by atoms with van der Waals surface area (Å²) in [6, 6.07) is 34.0. The molecule has 11 rings (SSSR count). The number of nitriles is 4. The van der Waals surface area contributed by atoms with Gasteiger partial charge in [-0.25, -0.2) is 0 Å². The number of hydrogen-bond acceptors (Lipinski definition) is 16. The van der Waals surface area contributed by atoms with Gasteiger partial charge in [0.25, 0.3) is 0 Å². The van der Waals surface area contributed by atoms with E-state index < -0.39 is 40.5 Å². The molecule has 0 amide bonds. The summed E-state index contributed by atoms with van der Waals surface area (Å²) in [5, 5.41) is 38.4.